The van der Waals surface area contributed by atoms with Crippen LogP contribution in [0.4, 0.5) is 0 Å². The zero-order valence-corrected chi connectivity index (χ0v) is 7.06. The zero-order chi connectivity index (χ0) is 9.14. The van der Waals surface area contributed by atoms with Gasteiger partial charge >= 0.3 is 5.97 Å². The zero-order valence-electron chi connectivity index (χ0n) is 7.06. The van der Waals surface area contributed by atoms with E-state index in [4.69, 9.17) is 14.9 Å². The van der Waals surface area contributed by atoms with Crippen LogP contribution in [-0.2, 0) is 9.53 Å². The van der Waals surface area contributed by atoms with Crippen molar-refractivity contribution in [3.8, 4) is 0 Å². The van der Waals surface area contributed by atoms with Gasteiger partial charge in [-0.25, -0.2) is 0 Å². The fourth-order valence-electron chi connectivity index (χ4n) is 1.43. The molecule has 1 aliphatic heterocycles. The molecule has 0 aliphatic carbocycles. The summed E-state index contributed by atoms with van der Waals surface area (Å²) in [6.07, 6.45) is 0.108. The van der Waals surface area contributed by atoms with E-state index < -0.39 is 6.10 Å². The van der Waals surface area contributed by atoms with Crippen LogP contribution in [0.15, 0.2) is 0 Å². The second-order valence-corrected chi connectivity index (χ2v) is 3.25. The minimum atomic E-state index is -0.798. The van der Waals surface area contributed by atoms with Crippen molar-refractivity contribution >= 4 is 5.97 Å². The molecule has 1 rings (SSSR count). The summed E-state index contributed by atoms with van der Waals surface area (Å²) in [5, 5.41) is 17.6. The second kappa shape index (κ2) is 3.87. The Morgan fingerprint density at radius 3 is 2.83 bits per heavy atom. The van der Waals surface area contributed by atoms with Gasteiger partial charge in [-0.05, 0) is 19.8 Å². The fourth-order valence-corrected chi connectivity index (χ4v) is 1.43. The maximum absolute atomic E-state index is 11.0. The Labute approximate surface area is 71.2 Å². The van der Waals surface area contributed by atoms with Crippen molar-refractivity contribution in [2.75, 3.05) is 6.61 Å². The highest BCUT2D eigenvalue weighted by atomic mass is 16.5. The van der Waals surface area contributed by atoms with Crippen molar-refractivity contribution < 1.29 is 19.7 Å². The Morgan fingerprint density at radius 2 is 2.42 bits per heavy atom. The van der Waals surface area contributed by atoms with Crippen molar-refractivity contribution in [1.82, 2.24) is 0 Å². The van der Waals surface area contributed by atoms with E-state index in [-0.39, 0.29) is 24.6 Å². The smallest absolute Gasteiger partial charge is 0.309 e. The average molecular weight is 174 g/mol. The van der Waals surface area contributed by atoms with Gasteiger partial charge in [0.2, 0.25) is 0 Å². The summed E-state index contributed by atoms with van der Waals surface area (Å²) in [6.45, 7) is 1.53. The summed E-state index contributed by atoms with van der Waals surface area (Å²) < 4.78 is 4.89. The third-order valence-corrected chi connectivity index (χ3v) is 2.03. The van der Waals surface area contributed by atoms with Crippen molar-refractivity contribution in [1.29, 1.82) is 0 Å². The van der Waals surface area contributed by atoms with Crippen molar-refractivity contribution in [3.05, 3.63) is 0 Å². The van der Waals surface area contributed by atoms with Crippen LogP contribution in [0.2, 0.25) is 0 Å². The maximum Gasteiger partial charge on any atom is 0.309 e. The maximum atomic E-state index is 11.0. The van der Waals surface area contributed by atoms with Gasteiger partial charge in [-0.1, -0.05) is 0 Å². The van der Waals surface area contributed by atoms with Crippen LogP contribution in [0.5, 0.6) is 0 Å². The van der Waals surface area contributed by atoms with Crippen molar-refractivity contribution in [3.63, 3.8) is 0 Å². The molecule has 4 nitrogen and oxygen atoms in total. The van der Waals surface area contributed by atoms with Crippen LogP contribution in [0.25, 0.3) is 0 Å². The monoisotopic (exact) mass is 174 g/mol. The van der Waals surface area contributed by atoms with Gasteiger partial charge in [0.15, 0.2) is 0 Å². The first kappa shape index (κ1) is 9.48. The molecule has 0 aromatic carbocycles. The lowest BCUT2D eigenvalue weighted by atomic mass is 9.98. The number of hydrogen-bond acceptors (Lipinski definition) is 4. The van der Waals surface area contributed by atoms with Crippen LogP contribution in [0.1, 0.15) is 19.8 Å². The number of hydrogen-bond donors (Lipinski definition) is 2. The van der Waals surface area contributed by atoms with Crippen molar-refractivity contribution in [2.24, 2.45) is 5.92 Å². The summed E-state index contributed by atoms with van der Waals surface area (Å²) in [5.41, 5.74) is 0. The Balaban J connectivity index is 2.37. The molecule has 3 unspecified atom stereocenters. The van der Waals surface area contributed by atoms with Crippen LogP contribution < -0.4 is 0 Å². The molecule has 1 heterocycles. The third-order valence-electron chi connectivity index (χ3n) is 2.03. The number of esters is 1. The summed E-state index contributed by atoms with van der Waals surface area (Å²) >= 11 is 0. The lowest BCUT2D eigenvalue weighted by molar-refractivity contribution is -0.144. The predicted octanol–water partition coefficient (Wildman–Crippen LogP) is -0.319. The lowest BCUT2D eigenvalue weighted by Crippen LogP contribution is -2.20. The minimum Gasteiger partial charge on any atom is -0.462 e. The highest BCUT2D eigenvalue weighted by Gasteiger charge is 2.32. The van der Waals surface area contributed by atoms with Gasteiger partial charge in [0.05, 0.1) is 24.7 Å². The minimum absolute atomic E-state index is 0.0478. The summed E-state index contributed by atoms with van der Waals surface area (Å²) in [5.74, 6) is -0.489. The fraction of sp³-hybridized carbons (Fsp3) is 0.875. The molecular weight excluding hydrogens is 160 g/mol. The van der Waals surface area contributed by atoms with E-state index in [2.05, 4.69) is 0 Å². The van der Waals surface area contributed by atoms with Gasteiger partial charge in [-0.3, -0.25) is 4.79 Å². The Bertz CT molecular complexity index is 168. The van der Waals surface area contributed by atoms with Gasteiger partial charge in [0.25, 0.3) is 0 Å². The molecule has 3 atom stereocenters. The lowest BCUT2D eigenvalue weighted by Gasteiger charge is -2.09. The van der Waals surface area contributed by atoms with E-state index in [0.717, 1.165) is 0 Å². The normalized spacial score (nSPS) is 31.8. The number of ether oxygens (including phenoxy) is 1. The van der Waals surface area contributed by atoms with Crippen LogP contribution >= 0.6 is 0 Å². The SMILES string of the molecule is CC1CC(CC(O)CO)C(=O)O1. The molecule has 1 fully saturated rings. The molecule has 0 radical (unpaired) electrons. The van der Waals surface area contributed by atoms with Crippen molar-refractivity contribution in [2.45, 2.75) is 32.0 Å². The molecular formula is C8H14O4. The van der Waals surface area contributed by atoms with Gasteiger partial charge in [-0.2, -0.15) is 0 Å². The molecule has 0 aromatic heterocycles. The molecule has 2 N–H and O–H groups in total. The Kier molecular flexibility index (Phi) is 3.05. The largest absolute Gasteiger partial charge is 0.462 e. The molecule has 0 spiro atoms. The molecule has 1 saturated heterocycles. The number of carbonyl (C=O) groups is 1. The van der Waals surface area contributed by atoms with E-state index in [0.29, 0.717) is 12.8 Å². The molecule has 4 heteroatoms. The standard InChI is InChI=1S/C8H14O4/c1-5-2-6(8(11)12-5)3-7(10)4-9/h5-7,9-10H,2-4H2,1H3. The predicted molar refractivity (Wildman–Crippen MR) is 41.4 cm³/mol. The van der Waals surface area contributed by atoms with E-state index in [1.54, 1.807) is 0 Å². The molecule has 0 amide bonds. The van der Waals surface area contributed by atoms with Gasteiger partial charge in [-0.15, -0.1) is 0 Å². The van der Waals surface area contributed by atoms with E-state index in [9.17, 15) is 4.79 Å². The highest BCUT2D eigenvalue weighted by Crippen LogP contribution is 2.24. The van der Waals surface area contributed by atoms with E-state index >= 15 is 0 Å². The van der Waals surface area contributed by atoms with Crippen LogP contribution in [0, 0.1) is 5.92 Å². The number of aliphatic hydroxyl groups excluding tert-OH is 2. The van der Waals surface area contributed by atoms with E-state index in [1.165, 1.54) is 0 Å². The molecule has 0 bridgehead atoms. The number of cyclic esters (lactones) is 1. The van der Waals surface area contributed by atoms with Gasteiger partial charge < -0.3 is 14.9 Å². The summed E-state index contributed by atoms with van der Waals surface area (Å²) in [4.78, 5) is 11.0. The molecule has 70 valence electrons. The quantitative estimate of drug-likeness (QED) is 0.575. The molecule has 1 aliphatic rings. The Hall–Kier alpha value is -0.610. The van der Waals surface area contributed by atoms with Crippen LogP contribution in [-0.4, -0.2) is 35.0 Å². The first-order valence-corrected chi connectivity index (χ1v) is 4.13. The summed E-state index contributed by atoms with van der Waals surface area (Å²) in [6, 6.07) is 0. The Morgan fingerprint density at radius 1 is 1.75 bits per heavy atom. The first-order chi connectivity index (χ1) is 5.63. The van der Waals surface area contributed by atoms with Gasteiger partial charge in [0.1, 0.15) is 0 Å². The summed E-state index contributed by atoms with van der Waals surface area (Å²) in [7, 11) is 0. The second-order valence-electron chi connectivity index (χ2n) is 3.25. The topological polar surface area (TPSA) is 66.8 Å². The average Bonchev–Trinajstić information content (AvgIpc) is 2.30. The first-order valence-electron chi connectivity index (χ1n) is 4.13. The third kappa shape index (κ3) is 2.19. The van der Waals surface area contributed by atoms with Crippen LogP contribution in [0.3, 0.4) is 0 Å². The molecule has 0 aromatic rings. The van der Waals surface area contributed by atoms with E-state index in [1.807, 2.05) is 6.92 Å². The number of aliphatic hydroxyl groups is 2. The molecule has 0 saturated carbocycles. The van der Waals surface area contributed by atoms with Gasteiger partial charge in [0, 0.05) is 0 Å². The highest BCUT2D eigenvalue weighted by molar-refractivity contribution is 5.74. The molecule has 12 heavy (non-hydrogen) atoms. The number of carbonyl (C=O) groups excluding carboxylic acids is 1. The number of rotatable bonds is 3.